The molecule has 1 amide bonds. The van der Waals surface area contributed by atoms with E-state index in [4.69, 9.17) is 14.2 Å². The van der Waals surface area contributed by atoms with E-state index in [1.807, 2.05) is 47.4 Å². The van der Waals surface area contributed by atoms with E-state index in [9.17, 15) is 4.79 Å². The minimum atomic E-state index is -0.539. The smallest absolute Gasteiger partial charge is 0.233 e. The van der Waals surface area contributed by atoms with Crippen molar-refractivity contribution in [1.29, 1.82) is 0 Å². The zero-order chi connectivity index (χ0) is 19.4. The molecule has 2 aromatic rings. The quantitative estimate of drug-likeness (QED) is 0.815. The Morgan fingerprint density at radius 3 is 2.43 bits per heavy atom. The molecule has 2 saturated heterocycles. The van der Waals surface area contributed by atoms with Gasteiger partial charge in [-0.05, 0) is 36.1 Å². The number of nitrogens with zero attached hydrogens (tertiary/aromatic N) is 1. The molecule has 2 aliphatic rings. The zero-order valence-electron chi connectivity index (χ0n) is 16.3. The van der Waals surface area contributed by atoms with Crippen molar-refractivity contribution in [1.82, 2.24) is 4.90 Å². The molecule has 0 radical (unpaired) electrons. The molecule has 0 N–H and O–H groups in total. The zero-order valence-corrected chi connectivity index (χ0v) is 16.3. The number of benzene rings is 2. The highest BCUT2D eigenvalue weighted by molar-refractivity contribution is 5.88. The third kappa shape index (κ3) is 3.64. The molecule has 28 heavy (non-hydrogen) atoms. The number of hydrogen-bond acceptors (Lipinski definition) is 4. The maximum atomic E-state index is 13.8. The summed E-state index contributed by atoms with van der Waals surface area (Å²) in [5.41, 5.74) is 1.62. The van der Waals surface area contributed by atoms with Crippen LogP contribution in [0.2, 0.25) is 0 Å². The van der Waals surface area contributed by atoms with E-state index < -0.39 is 5.41 Å². The molecule has 0 spiro atoms. The van der Waals surface area contributed by atoms with Crippen LogP contribution in [0, 0.1) is 0 Å². The first-order chi connectivity index (χ1) is 13.7. The fourth-order valence-corrected chi connectivity index (χ4v) is 4.26. The fraction of sp³-hybridized carbons (Fsp3) is 0.435. The topological polar surface area (TPSA) is 48.0 Å². The van der Waals surface area contributed by atoms with Gasteiger partial charge < -0.3 is 19.1 Å². The van der Waals surface area contributed by atoms with Crippen LogP contribution >= 0.6 is 0 Å². The molecule has 2 aliphatic heterocycles. The van der Waals surface area contributed by atoms with Crippen molar-refractivity contribution in [2.24, 2.45) is 0 Å². The van der Waals surface area contributed by atoms with Gasteiger partial charge in [-0.25, -0.2) is 0 Å². The van der Waals surface area contributed by atoms with Gasteiger partial charge in [0.05, 0.1) is 25.7 Å². The van der Waals surface area contributed by atoms with E-state index in [1.165, 1.54) is 0 Å². The monoisotopic (exact) mass is 381 g/mol. The lowest BCUT2D eigenvalue weighted by atomic mass is 9.72. The average Bonchev–Trinajstić information content (AvgIpc) is 2.80. The lowest BCUT2D eigenvalue weighted by Crippen LogP contribution is -2.53. The molecule has 0 aromatic heterocycles. The van der Waals surface area contributed by atoms with E-state index in [1.54, 1.807) is 7.11 Å². The van der Waals surface area contributed by atoms with Gasteiger partial charge in [0.1, 0.15) is 11.9 Å². The summed E-state index contributed by atoms with van der Waals surface area (Å²) in [5, 5.41) is 0. The highest BCUT2D eigenvalue weighted by Gasteiger charge is 2.45. The predicted molar refractivity (Wildman–Crippen MR) is 106 cm³/mol. The normalized spacial score (nSPS) is 21.9. The van der Waals surface area contributed by atoms with Gasteiger partial charge in [0.2, 0.25) is 5.91 Å². The van der Waals surface area contributed by atoms with Gasteiger partial charge in [0.15, 0.2) is 0 Å². The van der Waals surface area contributed by atoms with Crippen LogP contribution in [0.1, 0.15) is 30.1 Å². The summed E-state index contributed by atoms with van der Waals surface area (Å²) in [4.78, 5) is 15.8. The summed E-state index contributed by atoms with van der Waals surface area (Å²) in [7, 11) is 1.65. The van der Waals surface area contributed by atoms with Gasteiger partial charge in [-0.1, -0.05) is 42.5 Å². The fourth-order valence-electron chi connectivity index (χ4n) is 4.26. The summed E-state index contributed by atoms with van der Waals surface area (Å²) in [6, 6.07) is 18.1. The van der Waals surface area contributed by atoms with Crippen molar-refractivity contribution in [3.8, 4) is 5.75 Å². The van der Waals surface area contributed by atoms with Crippen LogP contribution in [-0.4, -0.2) is 50.8 Å². The molecule has 0 unspecified atom stereocenters. The lowest BCUT2D eigenvalue weighted by Gasteiger charge is -2.42. The molecule has 2 aromatic carbocycles. The number of amides is 1. The Morgan fingerprint density at radius 1 is 1.04 bits per heavy atom. The maximum absolute atomic E-state index is 13.8. The molecule has 2 heterocycles. The number of methoxy groups -OCH3 is 1. The second-order valence-corrected chi connectivity index (χ2v) is 7.44. The Morgan fingerprint density at radius 2 is 1.75 bits per heavy atom. The second-order valence-electron chi connectivity index (χ2n) is 7.44. The van der Waals surface area contributed by atoms with Gasteiger partial charge in [-0.15, -0.1) is 0 Å². The second kappa shape index (κ2) is 8.33. The molecule has 5 heteroatoms. The maximum Gasteiger partial charge on any atom is 0.233 e. The van der Waals surface area contributed by atoms with Crippen molar-refractivity contribution in [3.05, 3.63) is 65.7 Å². The van der Waals surface area contributed by atoms with Crippen LogP contribution in [-0.2, 0) is 19.7 Å². The largest absolute Gasteiger partial charge is 0.497 e. The molecule has 5 nitrogen and oxygen atoms in total. The van der Waals surface area contributed by atoms with Crippen molar-refractivity contribution in [3.63, 3.8) is 0 Å². The van der Waals surface area contributed by atoms with E-state index in [0.29, 0.717) is 45.8 Å². The Hall–Kier alpha value is -2.37. The van der Waals surface area contributed by atoms with Crippen LogP contribution < -0.4 is 4.74 Å². The van der Waals surface area contributed by atoms with E-state index in [-0.39, 0.29) is 12.0 Å². The summed E-state index contributed by atoms with van der Waals surface area (Å²) >= 11 is 0. The third-order valence-corrected chi connectivity index (χ3v) is 5.92. The Balaban J connectivity index is 1.60. The molecule has 4 rings (SSSR count). The minimum absolute atomic E-state index is 0.0772. The summed E-state index contributed by atoms with van der Waals surface area (Å²) in [6.07, 6.45) is 1.32. The molecular weight excluding hydrogens is 354 g/mol. The van der Waals surface area contributed by atoms with Crippen molar-refractivity contribution in [2.75, 3.05) is 40.0 Å². The van der Waals surface area contributed by atoms with Crippen molar-refractivity contribution < 1.29 is 19.0 Å². The van der Waals surface area contributed by atoms with Gasteiger partial charge in [0.25, 0.3) is 0 Å². The van der Waals surface area contributed by atoms with Crippen LogP contribution in [0.4, 0.5) is 0 Å². The number of ether oxygens (including phenoxy) is 3. The molecule has 2 fully saturated rings. The number of carbonyl (C=O) groups excluding carboxylic acids is 1. The van der Waals surface area contributed by atoms with Gasteiger partial charge in [-0.2, -0.15) is 0 Å². The van der Waals surface area contributed by atoms with Gasteiger partial charge in [0, 0.05) is 19.8 Å². The Labute approximate surface area is 166 Å². The number of carbonyl (C=O) groups is 1. The highest BCUT2D eigenvalue weighted by Crippen LogP contribution is 2.38. The first kappa shape index (κ1) is 19.0. The molecular formula is C23H27NO4. The van der Waals surface area contributed by atoms with Gasteiger partial charge in [-0.3, -0.25) is 4.79 Å². The van der Waals surface area contributed by atoms with Crippen LogP contribution in [0.5, 0.6) is 5.75 Å². The average molecular weight is 381 g/mol. The SMILES string of the molecule is COc1ccc(C2(C(=O)N3CCO[C@@H](c4ccccc4)C3)CCOCC2)cc1. The Kier molecular flexibility index (Phi) is 5.64. The molecule has 1 atom stereocenters. The summed E-state index contributed by atoms with van der Waals surface area (Å²) in [5.74, 6) is 0.985. The van der Waals surface area contributed by atoms with E-state index in [0.717, 1.165) is 16.9 Å². The molecule has 148 valence electrons. The Bertz CT molecular complexity index is 784. The number of morpholine rings is 1. The van der Waals surface area contributed by atoms with E-state index in [2.05, 4.69) is 12.1 Å². The number of rotatable bonds is 4. The summed E-state index contributed by atoms with van der Waals surface area (Å²) in [6.45, 7) is 2.97. The summed E-state index contributed by atoms with van der Waals surface area (Å²) < 4.78 is 16.9. The van der Waals surface area contributed by atoms with E-state index >= 15 is 0 Å². The standard InChI is InChI=1S/C23H27NO4/c1-26-20-9-7-19(8-10-20)23(11-14-27-15-12-23)22(25)24-13-16-28-21(17-24)18-5-3-2-4-6-18/h2-10,21H,11-17H2,1H3/t21-/m1/s1. The highest BCUT2D eigenvalue weighted by atomic mass is 16.5. The van der Waals surface area contributed by atoms with Crippen LogP contribution in [0.3, 0.4) is 0 Å². The minimum Gasteiger partial charge on any atom is -0.497 e. The molecule has 0 saturated carbocycles. The predicted octanol–water partition coefficient (Wildman–Crippen LogP) is 3.34. The number of hydrogen-bond donors (Lipinski definition) is 0. The first-order valence-corrected chi connectivity index (χ1v) is 9.91. The molecule has 0 bridgehead atoms. The van der Waals surface area contributed by atoms with Crippen molar-refractivity contribution >= 4 is 5.91 Å². The molecule has 0 aliphatic carbocycles. The van der Waals surface area contributed by atoms with Crippen LogP contribution in [0.15, 0.2) is 54.6 Å². The van der Waals surface area contributed by atoms with Gasteiger partial charge >= 0.3 is 0 Å². The lowest BCUT2D eigenvalue weighted by molar-refractivity contribution is -0.149. The van der Waals surface area contributed by atoms with Crippen molar-refractivity contribution in [2.45, 2.75) is 24.4 Å². The third-order valence-electron chi connectivity index (χ3n) is 5.92. The first-order valence-electron chi connectivity index (χ1n) is 9.91. The van der Waals surface area contributed by atoms with Crippen LogP contribution in [0.25, 0.3) is 0 Å².